The van der Waals surface area contributed by atoms with E-state index in [1.54, 1.807) is 0 Å². The number of nitrogens with zero attached hydrogens (tertiary/aromatic N) is 4. The topological polar surface area (TPSA) is 51.0 Å². The maximum atomic E-state index is 12.7. The van der Waals surface area contributed by atoms with Gasteiger partial charge in [0.2, 0.25) is 5.91 Å². The highest BCUT2D eigenvalue weighted by molar-refractivity contribution is 7.99. The minimum absolute atomic E-state index is 0.192. The first kappa shape index (κ1) is 19.9. The summed E-state index contributed by atoms with van der Waals surface area (Å²) < 4.78 is 2.09. The molecule has 6 heteroatoms. The first-order valence-electron chi connectivity index (χ1n) is 9.97. The number of carbonyl (C=O) groups is 1. The van der Waals surface area contributed by atoms with Crippen LogP contribution in [-0.4, -0.2) is 44.4 Å². The molecule has 0 spiro atoms. The van der Waals surface area contributed by atoms with Crippen molar-refractivity contribution in [2.75, 3.05) is 12.8 Å². The van der Waals surface area contributed by atoms with Crippen molar-refractivity contribution in [1.29, 1.82) is 0 Å². The molecule has 1 amide bonds. The fourth-order valence-electron chi connectivity index (χ4n) is 3.67. The molecule has 1 fully saturated rings. The molecule has 1 heterocycles. The van der Waals surface area contributed by atoms with Crippen LogP contribution in [0.4, 0.5) is 0 Å². The molecule has 0 aliphatic heterocycles. The molecular weight excluding hydrogens is 356 g/mol. The van der Waals surface area contributed by atoms with Crippen LogP contribution in [-0.2, 0) is 11.3 Å². The standard InChI is InChI=1S/C21H30N4OS/c1-17-22-23-21(25(17)15-18-11-7-6-8-12-18)27-16-20(26)24(2)19-13-9-4-3-5-10-14-19/h6-8,11-12,19H,3-5,9-10,13-16H2,1-2H3. The Morgan fingerprint density at radius 3 is 2.48 bits per heavy atom. The normalized spacial score (nSPS) is 15.9. The predicted octanol–water partition coefficient (Wildman–Crippen LogP) is 4.30. The van der Waals surface area contributed by atoms with Gasteiger partial charge >= 0.3 is 0 Å². The van der Waals surface area contributed by atoms with Crippen LogP contribution in [0, 0.1) is 6.92 Å². The van der Waals surface area contributed by atoms with Gasteiger partial charge in [-0.1, -0.05) is 74.2 Å². The molecule has 3 rings (SSSR count). The number of aromatic nitrogens is 3. The predicted molar refractivity (Wildman–Crippen MR) is 110 cm³/mol. The molecule has 0 bridgehead atoms. The van der Waals surface area contributed by atoms with Crippen LogP contribution >= 0.6 is 11.8 Å². The molecule has 146 valence electrons. The third-order valence-electron chi connectivity index (χ3n) is 5.43. The van der Waals surface area contributed by atoms with E-state index in [1.165, 1.54) is 49.4 Å². The van der Waals surface area contributed by atoms with Gasteiger partial charge in [-0.25, -0.2) is 0 Å². The monoisotopic (exact) mass is 386 g/mol. The van der Waals surface area contributed by atoms with Crippen molar-refractivity contribution in [2.45, 2.75) is 69.6 Å². The second-order valence-electron chi connectivity index (χ2n) is 7.39. The minimum atomic E-state index is 0.192. The van der Waals surface area contributed by atoms with E-state index >= 15 is 0 Å². The number of hydrogen-bond acceptors (Lipinski definition) is 4. The van der Waals surface area contributed by atoms with E-state index in [4.69, 9.17) is 0 Å². The molecule has 1 saturated carbocycles. The van der Waals surface area contributed by atoms with Gasteiger partial charge in [0.15, 0.2) is 5.16 Å². The van der Waals surface area contributed by atoms with Crippen molar-refractivity contribution in [3.8, 4) is 0 Å². The lowest BCUT2D eigenvalue weighted by molar-refractivity contribution is -0.129. The van der Waals surface area contributed by atoms with Crippen molar-refractivity contribution in [3.05, 3.63) is 41.7 Å². The summed E-state index contributed by atoms with van der Waals surface area (Å²) in [6, 6.07) is 10.7. The minimum Gasteiger partial charge on any atom is -0.342 e. The molecule has 0 saturated heterocycles. The molecule has 0 atom stereocenters. The zero-order valence-electron chi connectivity index (χ0n) is 16.4. The Balaban J connectivity index is 1.58. The van der Waals surface area contributed by atoms with Crippen LogP contribution in [0.1, 0.15) is 56.3 Å². The Hall–Kier alpha value is -1.82. The Labute approximate surface area is 166 Å². The van der Waals surface area contributed by atoms with Gasteiger partial charge < -0.3 is 9.47 Å². The van der Waals surface area contributed by atoms with Crippen molar-refractivity contribution >= 4 is 17.7 Å². The lowest BCUT2D eigenvalue weighted by Crippen LogP contribution is -2.38. The zero-order chi connectivity index (χ0) is 19.1. The van der Waals surface area contributed by atoms with Crippen molar-refractivity contribution in [1.82, 2.24) is 19.7 Å². The van der Waals surface area contributed by atoms with Gasteiger partial charge in [-0.2, -0.15) is 0 Å². The van der Waals surface area contributed by atoms with E-state index in [9.17, 15) is 4.79 Å². The Morgan fingerprint density at radius 1 is 1.11 bits per heavy atom. The van der Waals surface area contributed by atoms with E-state index in [1.807, 2.05) is 37.1 Å². The van der Waals surface area contributed by atoms with E-state index in [2.05, 4.69) is 26.9 Å². The highest BCUT2D eigenvalue weighted by atomic mass is 32.2. The molecular formula is C21H30N4OS. The summed E-state index contributed by atoms with van der Waals surface area (Å²) in [7, 11) is 1.97. The van der Waals surface area contributed by atoms with Gasteiger partial charge in [0.25, 0.3) is 0 Å². The quantitative estimate of drug-likeness (QED) is 0.695. The fourth-order valence-corrected chi connectivity index (χ4v) is 4.58. The summed E-state index contributed by atoms with van der Waals surface area (Å²) in [6.07, 6.45) is 8.69. The summed E-state index contributed by atoms with van der Waals surface area (Å²) in [5, 5.41) is 9.32. The summed E-state index contributed by atoms with van der Waals surface area (Å²) >= 11 is 1.50. The van der Waals surface area contributed by atoms with Gasteiger partial charge in [-0.15, -0.1) is 10.2 Å². The number of aryl methyl sites for hydroxylation is 1. The van der Waals surface area contributed by atoms with E-state index in [-0.39, 0.29) is 5.91 Å². The third kappa shape index (κ3) is 5.58. The lowest BCUT2D eigenvalue weighted by atomic mass is 9.96. The number of benzene rings is 1. The van der Waals surface area contributed by atoms with Crippen LogP contribution < -0.4 is 0 Å². The van der Waals surface area contributed by atoms with Gasteiger partial charge in [-0.3, -0.25) is 4.79 Å². The molecule has 1 aromatic heterocycles. The molecule has 0 N–H and O–H groups in total. The highest BCUT2D eigenvalue weighted by Gasteiger charge is 2.21. The van der Waals surface area contributed by atoms with Gasteiger partial charge in [-0.05, 0) is 25.3 Å². The lowest BCUT2D eigenvalue weighted by Gasteiger charge is -2.29. The van der Waals surface area contributed by atoms with Gasteiger partial charge in [0.1, 0.15) is 5.82 Å². The van der Waals surface area contributed by atoms with E-state index < -0.39 is 0 Å². The van der Waals surface area contributed by atoms with Crippen LogP contribution in [0.3, 0.4) is 0 Å². The summed E-state index contributed by atoms with van der Waals surface area (Å²) in [4.78, 5) is 14.7. The first-order chi connectivity index (χ1) is 13.1. The molecule has 27 heavy (non-hydrogen) atoms. The molecule has 1 aromatic carbocycles. The second kappa shape index (κ2) is 9.93. The summed E-state index contributed by atoms with van der Waals surface area (Å²) in [6.45, 7) is 2.69. The number of hydrogen-bond donors (Lipinski definition) is 0. The number of amides is 1. The number of rotatable bonds is 6. The van der Waals surface area contributed by atoms with Gasteiger partial charge in [0.05, 0.1) is 12.3 Å². The van der Waals surface area contributed by atoms with E-state index in [0.29, 0.717) is 11.8 Å². The molecule has 5 nitrogen and oxygen atoms in total. The van der Waals surface area contributed by atoms with E-state index in [0.717, 1.165) is 30.4 Å². The van der Waals surface area contributed by atoms with Crippen LogP contribution in [0.5, 0.6) is 0 Å². The SMILES string of the molecule is Cc1nnc(SCC(=O)N(C)C2CCCCCCC2)n1Cc1ccccc1. The Bertz CT molecular complexity index is 723. The molecule has 2 aromatic rings. The van der Waals surface area contributed by atoms with Crippen LogP contribution in [0.25, 0.3) is 0 Å². The first-order valence-corrected chi connectivity index (χ1v) is 11.0. The fraction of sp³-hybridized carbons (Fsp3) is 0.571. The number of carbonyl (C=O) groups excluding carboxylic acids is 1. The smallest absolute Gasteiger partial charge is 0.233 e. The van der Waals surface area contributed by atoms with Crippen molar-refractivity contribution < 1.29 is 4.79 Å². The van der Waals surface area contributed by atoms with Crippen LogP contribution in [0.15, 0.2) is 35.5 Å². The average Bonchev–Trinajstić information content (AvgIpc) is 3.00. The molecule has 0 radical (unpaired) electrons. The van der Waals surface area contributed by atoms with Crippen molar-refractivity contribution in [3.63, 3.8) is 0 Å². The van der Waals surface area contributed by atoms with Gasteiger partial charge in [0, 0.05) is 13.1 Å². The Kier molecular flexibility index (Phi) is 7.33. The zero-order valence-corrected chi connectivity index (χ0v) is 17.2. The Morgan fingerprint density at radius 2 is 1.78 bits per heavy atom. The highest BCUT2D eigenvalue weighted by Crippen LogP contribution is 2.23. The molecule has 0 unspecified atom stereocenters. The maximum Gasteiger partial charge on any atom is 0.233 e. The average molecular weight is 387 g/mol. The summed E-state index contributed by atoms with van der Waals surface area (Å²) in [5.74, 6) is 1.49. The summed E-state index contributed by atoms with van der Waals surface area (Å²) in [5.41, 5.74) is 1.21. The second-order valence-corrected chi connectivity index (χ2v) is 8.34. The third-order valence-corrected chi connectivity index (χ3v) is 6.38. The van der Waals surface area contributed by atoms with Crippen LogP contribution in [0.2, 0.25) is 0 Å². The van der Waals surface area contributed by atoms with Crippen molar-refractivity contribution in [2.24, 2.45) is 0 Å². The molecule has 1 aliphatic carbocycles. The number of thioether (sulfide) groups is 1. The maximum absolute atomic E-state index is 12.7. The molecule has 1 aliphatic rings. The largest absolute Gasteiger partial charge is 0.342 e.